The molecule has 0 amide bonds. The fraction of sp³-hybridized carbons (Fsp3) is 0. The summed E-state index contributed by atoms with van der Waals surface area (Å²) in [6, 6.07) is 14.4. The molecular formula is C12H8Cl2N2. The van der Waals surface area contributed by atoms with Crippen molar-refractivity contribution in [2.45, 2.75) is 0 Å². The molecule has 0 atom stereocenters. The summed E-state index contributed by atoms with van der Waals surface area (Å²) in [7, 11) is 0. The first-order valence-corrected chi connectivity index (χ1v) is 5.42. The van der Waals surface area contributed by atoms with Crippen molar-refractivity contribution in [3.8, 4) is 0 Å². The molecule has 0 aliphatic rings. The molecule has 0 radical (unpaired) electrons. The molecule has 2 aromatic carbocycles. The Morgan fingerprint density at radius 2 is 1.38 bits per heavy atom. The first kappa shape index (κ1) is 11.1. The Morgan fingerprint density at radius 1 is 0.688 bits per heavy atom. The lowest BCUT2D eigenvalue weighted by Gasteiger charge is -1.94. The molecule has 16 heavy (non-hydrogen) atoms. The van der Waals surface area contributed by atoms with E-state index in [0.29, 0.717) is 10.0 Å². The molecule has 0 N–H and O–H groups in total. The minimum Gasteiger partial charge on any atom is -0.151 e. The van der Waals surface area contributed by atoms with E-state index in [4.69, 9.17) is 23.2 Å². The number of azo groups is 1. The molecule has 2 aromatic rings. The molecule has 0 saturated heterocycles. The van der Waals surface area contributed by atoms with Crippen molar-refractivity contribution in [3.63, 3.8) is 0 Å². The van der Waals surface area contributed by atoms with E-state index in [1.807, 2.05) is 12.1 Å². The highest BCUT2D eigenvalue weighted by atomic mass is 35.5. The molecule has 0 bridgehead atoms. The third-order valence-electron chi connectivity index (χ3n) is 1.92. The topological polar surface area (TPSA) is 24.7 Å². The smallest absolute Gasteiger partial charge is 0.0871 e. The van der Waals surface area contributed by atoms with Crippen LogP contribution in [-0.2, 0) is 0 Å². The van der Waals surface area contributed by atoms with E-state index in [0.717, 1.165) is 11.4 Å². The van der Waals surface area contributed by atoms with Gasteiger partial charge < -0.3 is 0 Å². The fourth-order valence-electron chi connectivity index (χ4n) is 1.16. The molecule has 2 rings (SSSR count). The summed E-state index contributed by atoms with van der Waals surface area (Å²) in [5.74, 6) is 0. The van der Waals surface area contributed by atoms with Crippen molar-refractivity contribution in [1.29, 1.82) is 0 Å². The first-order chi connectivity index (χ1) is 7.74. The molecule has 0 unspecified atom stereocenters. The number of halogens is 2. The minimum atomic E-state index is 0.646. The van der Waals surface area contributed by atoms with Crippen molar-refractivity contribution < 1.29 is 0 Å². The lowest BCUT2D eigenvalue weighted by molar-refractivity contribution is 1.23. The van der Waals surface area contributed by atoms with E-state index >= 15 is 0 Å². The SMILES string of the molecule is Clc1ccc(N=Nc2cccc(Cl)c2)cc1. The van der Waals surface area contributed by atoms with Crippen LogP contribution in [0.4, 0.5) is 11.4 Å². The van der Waals surface area contributed by atoms with Crippen LogP contribution in [0.3, 0.4) is 0 Å². The Labute approximate surface area is 104 Å². The Morgan fingerprint density at radius 3 is 2.06 bits per heavy atom. The van der Waals surface area contributed by atoms with Crippen molar-refractivity contribution in [2.24, 2.45) is 10.2 Å². The quantitative estimate of drug-likeness (QED) is 0.637. The summed E-state index contributed by atoms with van der Waals surface area (Å²) >= 11 is 11.6. The van der Waals surface area contributed by atoms with Crippen molar-refractivity contribution in [3.05, 3.63) is 58.6 Å². The maximum atomic E-state index is 5.83. The Kier molecular flexibility index (Phi) is 3.54. The highest BCUT2D eigenvalue weighted by Crippen LogP contribution is 2.22. The molecule has 0 fully saturated rings. The maximum Gasteiger partial charge on any atom is 0.0871 e. The van der Waals surface area contributed by atoms with Gasteiger partial charge in [0.15, 0.2) is 0 Å². The third-order valence-corrected chi connectivity index (χ3v) is 2.40. The summed E-state index contributed by atoms with van der Waals surface area (Å²) in [5, 5.41) is 9.46. The van der Waals surface area contributed by atoms with E-state index in [2.05, 4.69) is 10.2 Å². The third kappa shape index (κ3) is 3.05. The van der Waals surface area contributed by atoms with Gasteiger partial charge in [-0.1, -0.05) is 29.3 Å². The first-order valence-electron chi connectivity index (χ1n) is 4.67. The molecule has 2 nitrogen and oxygen atoms in total. The lowest BCUT2D eigenvalue weighted by Crippen LogP contribution is -1.66. The van der Waals surface area contributed by atoms with E-state index < -0.39 is 0 Å². The fourth-order valence-corrected chi connectivity index (χ4v) is 1.47. The number of benzene rings is 2. The average molecular weight is 251 g/mol. The standard InChI is InChI=1S/C12H8Cl2N2/c13-9-4-6-11(7-5-9)15-16-12-3-1-2-10(14)8-12/h1-8H. The molecule has 0 heterocycles. The number of nitrogens with zero attached hydrogens (tertiary/aromatic N) is 2. The van der Waals surface area contributed by atoms with Crippen LogP contribution in [0.1, 0.15) is 0 Å². The van der Waals surface area contributed by atoms with Gasteiger partial charge in [-0.05, 0) is 42.5 Å². The highest BCUT2D eigenvalue weighted by molar-refractivity contribution is 6.31. The highest BCUT2D eigenvalue weighted by Gasteiger charge is 1.92. The number of hydrogen-bond acceptors (Lipinski definition) is 2. The maximum absolute atomic E-state index is 5.83. The molecular weight excluding hydrogens is 243 g/mol. The van der Waals surface area contributed by atoms with Gasteiger partial charge in [0.05, 0.1) is 11.4 Å². The van der Waals surface area contributed by atoms with Crippen LogP contribution in [0.5, 0.6) is 0 Å². The second-order valence-electron chi connectivity index (χ2n) is 3.16. The van der Waals surface area contributed by atoms with E-state index in [9.17, 15) is 0 Å². The van der Waals surface area contributed by atoms with Gasteiger partial charge in [-0.3, -0.25) is 0 Å². The summed E-state index contributed by atoms with van der Waals surface area (Å²) in [6.45, 7) is 0. The van der Waals surface area contributed by atoms with E-state index in [1.54, 1.807) is 36.4 Å². The van der Waals surface area contributed by atoms with Crippen LogP contribution in [0, 0.1) is 0 Å². The predicted molar refractivity (Wildman–Crippen MR) is 67.1 cm³/mol. The predicted octanol–water partition coefficient (Wildman–Crippen LogP) is 5.41. The Balaban J connectivity index is 2.18. The number of hydrogen-bond donors (Lipinski definition) is 0. The molecule has 0 aliphatic carbocycles. The second-order valence-corrected chi connectivity index (χ2v) is 4.03. The van der Waals surface area contributed by atoms with E-state index in [1.165, 1.54) is 0 Å². The van der Waals surface area contributed by atoms with Gasteiger partial charge in [-0.15, -0.1) is 0 Å². The van der Waals surface area contributed by atoms with Gasteiger partial charge >= 0.3 is 0 Å². The Hall–Kier alpha value is -1.38. The molecule has 0 spiro atoms. The second kappa shape index (κ2) is 5.10. The lowest BCUT2D eigenvalue weighted by atomic mass is 10.3. The largest absolute Gasteiger partial charge is 0.151 e. The molecule has 0 aromatic heterocycles. The van der Waals surface area contributed by atoms with Gasteiger partial charge in [-0.2, -0.15) is 10.2 Å². The van der Waals surface area contributed by atoms with Gasteiger partial charge in [0, 0.05) is 10.0 Å². The molecule has 80 valence electrons. The van der Waals surface area contributed by atoms with Crippen molar-refractivity contribution in [1.82, 2.24) is 0 Å². The van der Waals surface area contributed by atoms with Gasteiger partial charge in [-0.25, -0.2) is 0 Å². The minimum absolute atomic E-state index is 0.646. The summed E-state index contributed by atoms with van der Waals surface area (Å²) in [4.78, 5) is 0. The summed E-state index contributed by atoms with van der Waals surface area (Å²) in [5.41, 5.74) is 1.48. The molecule has 0 aliphatic heterocycles. The van der Waals surface area contributed by atoms with Crippen LogP contribution in [0.2, 0.25) is 10.0 Å². The van der Waals surface area contributed by atoms with Crippen LogP contribution >= 0.6 is 23.2 Å². The Bertz CT molecular complexity index is 507. The van der Waals surface area contributed by atoms with Gasteiger partial charge in [0.1, 0.15) is 0 Å². The zero-order valence-corrected chi connectivity index (χ0v) is 9.78. The summed E-state index contributed by atoms with van der Waals surface area (Å²) in [6.07, 6.45) is 0. The van der Waals surface area contributed by atoms with Crippen LogP contribution in [0.25, 0.3) is 0 Å². The van der Waals surface area contributed by atoms with Gasteiger partial charge in [0.25, 0.3) is 0 Å². The monoisotopic (exact) mass is 250 g/mol. The average Bonchev–Trinajstić information content (AvgIpc) is 2.28. The normalized spacial score (nSPS) is 10.9. The van der Waals surface area contributed by atoms with Crippen LogP contribution in [-0.4, -0.2) is 0 Å². The van der Waals surface area contributed by atoms with Crippen LogP contribution < -0.4 is 0 Å². The van der Waals surface area contributed by atoms with E-state index in [-0.39, 0.29) is 0 Å². The van der Waals surface area contributed by atoms with Crippen molar-refractivity contribution >= 4 is 34.6 Å². The zero-order chi connectivity index (χ0) is 11.4. The number of rotatable bonds is 2. The zero-order valence-electron chi connectivity index (χ0n) is 8.27. The van der Waals surface area contributed by atoms with Crippen molar-refractivity contribution in [2.75, 3.05) is 0 Å². The van der Waals surface area contributed by atoms with Crippen LogP contribution in [0.15, 0.2) is 58.8 Å². The van der Waals surface area contributed by atoms with Gasteiger partial charge in [0.2, 0.25) is 0 Å². The molecule has 4 heteroatoms. The summed E-state index contributed by atoms with van der Waals surface area (Å²) < 4.78 is 0. The molecule has 0 saturated carbocycles.